The minimum atomic E-state index is -2.07. The van der Waals surface area contributed by atoms with Gasteiger partial charge >= 0.3 is 8.56 Å². The number of hydrogen-bond donors (Lipinski definition) is 1. The van der Waals surface area contributed by atoms with Crippen LogP contribution in [0.4, 0.5) is 0 Å². The molecule has 0 aliphatic rings. The monoisotopic (exact) mass is 247 g/mol. The van der Waals surface area contributed by atoms with Gasteiger partial charge in [-0.15, -0.1) is 0 Å². The standard InChI is InChI=1S/C12H29NO2Si/c1-6-10-12(13,8-3)15-16(5,11-7-2)14-9-4/h6-11,13H2,1-5H3. The average molecular weight is 247 g/mol. The Morgan fingerprint density at radius 1 is 1.12 bits per heavy atom. The Balaban J connectivity index is 4.56. The lowest BCUT2D eigenvalue weighted by atomic mass is 10.1. The largest absolute Gasteiger partial charge is 0.395 e. The lowest BCUT2D eigenvalue weighted by Crippen LogP contribution is -2.53. The van der Waals surface area contributed by atoms with Crippen LogP contribution in [0.15, 0.2) is 0 Å². The highest BCUT2D eigenvalue weighted by molar-refractivity contribution is 6.66. The van der Waals surface area contributed by atoms with Crippen LogP contribution in [-0.2, 0) is 8.85 Å². The van der Waals surface area contributed by atoms with E-state index in [4.69, 9.17) is 14.6 Å². The smallest absolute Gasteiger partial charge is 0.336 e. The van der Waals surface area contributed by atoms with Gasteiger partial charge in [-0.2, -0.15) is 0 Å². The summed E-state index contributed by atoms with van der Waals surface area (Å²) in [5.74, 6) is 0. The number of nitrogens with two attached hydrogens (primary N) is 1. The molecule has 98 valence electrons. The van der Waals surface area contributed by atoms with Crippen molar-refractivity contribution in [1.82, 2.24) is 0 Å². The molecule has 0 radical (unpaired) electrons. The van der Waals surface area contributed by atoms with Crippen LogP contribution < -0.4 is 5.73 Å². The van der Waals surface area contributed by atoms with Crippen LogP contribution in [0.2, 0.25) is 12.6 Å². The van der Waals surface area contributed by atoms with Crippen LogP contribution in [0.5, 0.6) is 0 Å². The molecule has 0 rings (SSSR count). The molecule has 2 unspecified atom stereocenters. The minimum absolute atomic E-state index is 0.486. The molecule has 4 heteroatoms. The highest BCUT2D eigenvalue weighted by Gasteiger charge is 2.38. The zero-order valence-electron chi connectivity index (χ0n) is 11.6. The molecule has 0 aromatic heterocycles. The Bertz CT molecular complexity index is 184. The van der Waals surface area contributed by atoms with Gasteiger partial charge in [-0.05, 0) is 32.4 Å². The summed E-state index contributed by atoms with van der Waals surface area (Å²) >= 11 is 0. The lowest BCUT2D eigenvalue weighted by molar-refractivity contribution is 0.0162. The molecular weight excluding hydrogens is 218 g/mol. The van der Waals surface area contributed by atoms with Crippen LogP contribution in [0.1, 0.15) is 53.4 Å². The number of hydrogen-bond acceptors (Lipinski definition) is 3. The lowest BCUT2D eigenvalue weighted by Gasteiger charge is -2.38. The Morgan fingerprint density at radius 3 is 2.12 bits per heavy atom. The SMILES string of the molecule is CCCC(N)(CC)O[Si](C)(CCC)OCC. The maximum atomic E-state index is 6.29. The van der Waals surface area contributed by atoms with Crippen LogP contribution >= 0.6 is 0 Å². The molecule has 0 aliphatic carbocycles. The second-order valence-corrected chi connectivity index (χ2v) is 7.85. The van der Waals surface area contributed by atoms with E-state index < -0.39 is 14.3 Å². The molecule has 0 bridgehead atoms. The van der Waals surface area contributed by atoms with Crippen molar-refractivity contribution in [3.63, 3.8) is 0 Å². The van der Waals surface area contributed by atoms with Crippen molar-refractivity contribution in [2.45, 2.75) is 71.7 Å². The summed E-state index contributed by atoms with van der Waals surface area (Å²) in [6, 6.07) is 1.02. The van der Waals surface area contributed by atoms with Crippen molar-refractivity contribution in [1.29, 1.82) is 0 Å². The first kappa shape index (κ1) is 16.1. The summed E-state index contributed by atoms with van der Waals surface area (Å²) in [4.78, 5) is 0. The molecule has 0 heterocycles. The molecule has 3 nitrogen and oxygen atoms in total. The molecule has 0 saturated heterocycles. The highest BCUT2D eigenvalue weighted by atomic mass is 28.4. The topological polar surface area (TPSA) is 44.5 Å². The average Bonchev–Trinajstić information content (AvgIpc) is 2.18. The third-order valence-electron chi connectivity index (χ3n) is 2.84. The molecule has 0 fully saturated rings. The maximum Gasteiger partial charge on any atom is 0.336 e. The Hall–Kier alpha value is 0.0969. The van der Waals surface area contributed by atoms with E-state index in [0.717, 1.165) is 31.7 Å². The molecular formula is C12H29NO2Si. The summed E-state index contributed by atoms with van der Waals surface area (Å²) in [5, 5.41) is 0. The molecule has 0 amide bonds. The summed E-state index contributed by atoms with van der Waals surface area (Å²) < 4.78 is 12.0. The van der Waals surface area contributed by atoms with Gasteiger partial charge in [-0.25, -0.2) is 0 Å². The maximum absolute atomic E-state index is 6.29. The van der Waals surface area contributed by atoms with Crippen LogP contribution in [0, 0.1) is 0 Å². The molecule has 0 spiro atoms. The van der Waals surface area contributed by atoms with Crippen LogP contribution in [0.25, 0.3) is 0 Å². The Kier molecular flexibility index (Phi) is 7.47. The van der Waals surface area contributed by atoms with E-state index in [1.54, 1.807) is 0 Å². The van der Waals surface area contributed by atoms with Crippen molar-refractivity contribution in [2.24, 2.45) is 5.73 Å². The van der Waals surface area contributed by atoms with E-state index in [9.17, 15) is 0 Å². The third-order valence-corrected chi connectivity index (χ3v) is 5.99. The first-order valence-electron chi connectivity index (χ1n) is 6.58. The van der Waals surface area contributed by atoms with Gasteiger partial charge in [-0.1, -0.05) is 33.6 Å². The second kappa shape index (κ2) is 7.43. The normalized spacial score (nSPS) is 19.1. The van der Waals surface area contributed by atoms with Gasteiger partial charge < -0.3 is 14.6 Å². The Morgan fingerprint density at radius 2 is 1.75 bits per heavy atom. The van der Waals surface area contributed by atoms with Gasteiger partial charge in [0.25, 0.3) is 0 Å². The highest BCUT2D eigenvalue weighted by Crippen LogP contribution is 2.25. The summed E-state index contributed by atoms with van der Waals surface area (Å²) in [7, 11) is -2.07. The summed E-state index contributed by atoms with van der Waals surface area (Å²) in [6.45, 7) is 11.3. The molecule has 0 aliphatic heterocycles. The quantitative estimate of drug-likeness (QED) is 0.502. The molecule has 2 N–H and O–H groups in total. The zero-order valence-corrected chi connectivity index (χ0v) is 12.6. The van der Waals surface area contributed by atoms with Crippen LogP contribution in [0.3, 0.4) is 0 Å². The van der Waals surface area contributed by atoms with Crippen molar-refractivity contribution in [3.05, 3.63) is 0 Å². The zero-order chi connectivity index (χ0) is 12.7. The Labute approximate surface area is 102 Å². The van der Waals surface area contributed by atoms with E-state index in [1.807, 2.05) is 6.92 Å². The van der Waals surface area contributed by atoms with E-state index in [2.05, 4.69) is 27.3 Å². The predicted octanol–water partition coefficient (Wildman–Crippen LogP) is 3.39. The summed E-state index contributed by atoms with van der Waals surface area (Å²) in [5.41, 5.74) is 5.80. The third kappa shape index (κ3) is 5.43. The van der Waals surface area contributed by atoms with Crippen molar-refractivity contribution >= 4 is 8.56 Å². The minimum Gasteiger partial charge on any atom is -0.395 e. The van der Waals surface area contributed by atoms with E-state index in [-0.39, 0.29) is 0 Å². The van der Waals surface area contributed by atoms with Crippen molar-refractivity contribution in [3.8, 4) is 0 Å². The molecule has 0 aromatic carbocycles. The van der Waals surface area contributed by atoms with Crippen molar-refractivity contribution in [2.75, 3.05) is 6.61 Å². The van der Waals surface area contributed by atoms with Gasteiger partial charge in [0.1, 0.15) is 5.72 Å². The van der Waals surface area contributed by atoms with E-state index in [0.29, 0.717) is 6.61 Å². The first-order chi connectivity index (χ1) is 7.45. The van der Waals surface area contributed by atoms with Gasteiger partial charge in [-0.3, -0.25) is 0 Å². The van der Waals surface area contributed by atoms with Gasteiger partial charge in [0.05, 0.1) is 0 Å². The fourth-order valence-corrected chi connectivity index (χ4v) is 5.00. The molecule has 0 saturated carbocycles. The second-order valence-electron chi connectivity index (χ2n) is 4.59. The van der Waals surface area contributed by atoms with Gasteiger partial charge in [0.2, 0.25) is 0 Å². The van der Waals surface area contributed by atoms with Crippen LogP contribution in [-0.4, -0.2) is 20.9 Å². The van der Waals surface area contributed by atoms with Gasteiger partial charge in [0, 0.05) is 6.61 Å². The number of rotatable bonds is 9. The molecule has 2 atom stereocenters. The first-order valence-corrected chi connectivity index (χ1v) is 9.10. The fourth-order valence-electron chi connectivity index (χ4n) is 2.07. The van der Waals surface area contributed by atoms with E-state index >= 15 is 0 Å². The predicted molar refractivity (Wildman–Crippen MR) is 71.5 cm³/mol. The fraction of sp³-hybridized carbons (Fsp3) is 1.00. The molecule has 16 heavy (non-hydrogen) atoms. The molecule has 0 aromatic rings. The van der Waals surface area contributed by atoms with Gasteiger partial charge in [0.15, 0.2) is 0 Å². The van der Waals surface area contributed by atoms with Crippen molar-refractivity contribution < 1.29 is 8.85 Å². The summed E-state index contributed by atoms with van der Waals surface area (Å²) in [6.07, 6.45) is 3.89. The van der Waals surface area contributed by atoms with E-state index in [1.165, 1.54) is 0 Å².